The Bertz CT molecular complexity index is 2740. The minimum Gasteiger partial charge on any atom is -0.494 e. The van der Waals surface area contributed by atoms with Crippen molar-refractivity contribution in [3.05, 3.63) is 94.3 Å². The number of aryl methyl sites for hydroxylation is 2. The van der Waals surface area contributed by atoms with E-state index in [1.807, 2.05) is 82.6 Å². The summed E-state index contributed by atoms with van der Waals surface area (Å²) in [6, 6.07) is 16.5. The van der Waals surface area contributed by atoms with Gasteiger partial charge >= 0.3 is 0 Å². The highest BCUT2D eigenvalue weighted by Crippen LogP contribution is 2.34. The smallest absolute Gasteiger partial charge is 0.246 e. The molecule has 3 heterocycles. The zero-order valence-corrected chi connectivity index (χ0v) is 44.9. The highest BCUT2D eigenvalue weighted by atomic mass is 32.2. The van der Waals surface area contributed by atoms with Gasteiger partial charge in [-0.25, -0.2) is 18.1 Å². The predicted molar refractivity (Wildman–Crippen MR) is 275 cm³/mol. The monoisotopic (exact) mass is 1030 g/mol. The largest absolute Gasteiger partial charge is 0.494 e. The van der Waals surface area contributed by atoms with Gasteiger partial charge in [0.15, 0.2) is 0 Å². The highest BCUT2D eigenvalue weighted by Gasteiger charge is 2.44. The first-order chi connectivity index (χ1) is 34.1. The van der Waals surface area contributed by atoms with Crippen LogP contribution < -0.4 is 20.1 Å². The molecule has 3 atom stereocenters. The third-order valence-electron chi connectivity index (χ3n) is 12.6. The molecule has 3 N–H and O–H groups in total. The number of sulfone groups is 1. The van der Waals surface area contributed by atoms with E-state index in [1.54, 1.807) is 36.5 Å². The van der Waals surface area contributed by atoms with Gasteiger partial charge in [0, 0.05) is 32.2 Å². The summed E-state index contributed by atoms with van der Waals surface area (Å²) in [4.78, 5) is 47.4. The van der Waals surface area contributed by atoms with E-state index >= 15 is 0 Å². The van der Waals surface area contributed by atoms with Crippen molar-refractivity contribution in [3.8, 4) is 27.6 Å². The van der Waals surface area contributed by atoms with Crippen LogP contribution in [0.25, 0.3) is 16.1 Å². The van der Waals surface area contributed by atoms with Crippen LogP contribution in [0, 0.1) is 26.2 Å². The number of thiazole rings is 1. The quantitative estimate of drug-likeness (QED) is 0.0552. The van der Waals surface area contributed by atoms with Gasteiger partial charge in [-0.05, 0) is 91.3 Å². The molecule has 0 radical (unpaired) electrons. The van der Waals surface area contributed by atoms with Crippen LogP contribution in [-0.4, -0.2) is 121 Å². The van der Waals surface area contributed by atoms with Crippen molar-refractivity contribution in [3.63, 3.8) is 0 Å². The van der Waals surface area contributed by atoms with Gasteiger partial charge in [0.25, 0.3) is 0 Å². The normalized spacial score (nSPS) is 15.6. The van der Waals surface area contributed by atoms with E-state index < -0.39 is 45.3 Å². The fraction of sp³-hybridized carbons (Fsp3) is 0.509. The second-order valence-corrected chi connectivity index (χ2v) is 23.1. The number of carbonyl (C=O) groups excluding carboxylic acids is 3. The van der Waals surface area contributed by atoms with Crippen molar-refractivity contribution in [2.75, 3.05) is 46.7 Å². The number of hydrogen-bond acceptors (Lipinski definition) is 14. The number of methoxy groups -OCH3 is 1. The molecular formula is C53H71N7O10S2. The van der Waals surface area contributed by atoms with Crippen LogP contribution in [0.2, 0.25) is 0 Å². The summed E-state index contributed by atoms with van der Waals surface area (Å²) < 4.78 is 51.8. The van der Waals surface area contributed by atoms with Crippen molar-refractivity contribution in [1.29, 1.82) is 0 Å². The Morgan fingerprint density at radius 3 is 2.19 bits per heavy atom. The molecule has 19 heteroatoms. The van der Waals surface area contributed by atoms with Crippen molar-refractivity contribution in [1.82, 2.24) is 35.5 Å². The molecule has 1 saturated heterocycles. The van der Waals surface area contributed by atoms with Gasteiger partial charge in [0.05, 0.1) is 59.7 Å². The van der Waals surface area contributed by atoms with Gasteiger partial charge in [-0.2, -0.15) is 0 Å². The number of hydrogen-bond donors (Lipinski definition) is 3. The fourth-order valence-electron chi connectivity index (χ4n) is 8.39. The Kier molecular flexibility index (Phi) is 18.8. The van der Waals surface area contributed by atoms with Crippen LogP contribution in [0.4, 0.5) is 0 Å². The number of nitrogens with zero attached hydrogens (tertiary/aromatic N) is 5. The average Bonchev–Trinajstić information content (AvgIpc) is 4.07. The third kappa shape index (κ3) is 14.1. The minimum absolute atomic E-state index is 0.0181. The lowest BCUT2D eigenvalue weighted by Gasteiger charge is -2.35. The number of benzene rings is 3. The molecular weight excluding hydrogens is 959 g/mol. The topological polar surface area (TPSA) is 213 Å². The molecule has 17 nitrogen and oxygen atoms in total. The van der Waals surface area contributed by atoms with Crippen LogP contribution in [0.5, 0.6) is 11.5 Å². The van der Waals surface area contributed by atoms with Crippen molar-refractivity contribution in [2.24, 2.45) is 5.41 Å². The molecule has 6 rings (SSSR count). The molecule has 72 heavy (non-hydrogen) atoms. The summed E-state index contributed by atoms with van der Waals surface area (Å²) in [6.45, 7) is 18.7. The molecule has 0 saturated carbocycles. The molecule has 1 aliphatic heterocycles. The summed E-state index contributed by atoms with van der Waals surface area (Å²) in [5.41, 5.74) is 6.65. The molecule has 1 aliphatic rings. The molecule has 5 aromatic rings. The van der Waals surface area contributed by atoms with Crippen molar-refractivity contribution >= 4 is 38.9 Å². The molecule has 3 aromatic carbocycles. The highest BCUT2D eigenvalue weighted by molar-refractivity contribution is 7.91. The molecule has 3 amide bonds. The second kappa shape index (κ2) is 24.3. The summed E-state index contributed by atoms with van der Waals surface area (Å²) in [7, 11) is -2.39. The van der Waals surface area contributed by atoms with Crippen molar-refractivity contribution < 1.29 is 46.9 Å². The first-order valence-corrected chi connectivity index (χ1v) is 26.8. The van der Waals surface area contributed by atoms with E-state index in [9.17, 15) is 27.9 Å². The number of nitrogens with one attached hydrogen (secondary N) is 2. The molecule has 1 fully saturated rings. The summed E-state index contributed by atoms with van der Waals surface area (Å²) in [5, 5.41) is 24.5. The Hall–Kier alpha value is -5.73. The number of unbranched alkanes of at least 4 members (excludes halogenated alkanes) is 3. The Labute approximate surface area is 427 Å². The number of amides is 3. The average molecular weight is 1030 g/mol. The molecule has 0 aliphatic carbocycles. The molecule has 390 valence electrons. The maximum Gasteiger partial charge on any atom is 0.246 e. The van der Waals surface area contributed by atoms with E-state index in [4.69, 9.17) is 18.9 Å². The molecule has 0 spiro atoms. The maximum atomic E-state index is 14.0. The maximum absolute atomic E-state index is 14.0. The van der Waals surface area contributed by atoms with E-state index in [0.717, 1.165) is 58.5 Å². The van der Waals surface area contributed by atoms with Gasteiger partial charge < -0.3 is 39.6 Å². The van der Waals surface area contributed by atoms with E-state index in [2.05, 4.69) is 46.7 Å². The number of rotatable bonds is 23. The number of ether oxygens (including phenoxy) is 4. The molecule has 0 unspecified atom stereocenters. The Morgan fingerprint density at radius 1 is 0.875 bits per heavy atom. The number of aliphatic hydroxyl groups is 1. The van der Waals surface area contributed by atoms with Gasteiger partial charge in [-0.15, -0.1) is 16.4 Å². The SMILES string of the molecule is COc1cc(OCCCCCCOCCOCC(=O)N[C@H](C(=O)N2C[C@H](O)C[C@H]2C(=O)NCc2ccc(-c3scnc3C)cc2)C(C)(C)C)c(C)cc1-n1nnc(S(=O)(=O)c2ccc(C(C)(C)C)cc2)c1C. The lowest BCUT2D eigenvalue weighted by Crippen LogP contribution is -2.58. The number of β-amino-alcohol motifs (C(OH)–C–C–N with tert-alkyl or cyclic N) is 1. The number of aromatic nitrogens is 4. The van der Waals surface area contributed by atoms with Gasteiger partial charge in [-0.1, -0.05) is 89.6 Å². The summed E-state index contributed by atoms with van der Waals surface area (Å²) >= 11 is 1.57. The zero-order chi connectivity index (χ0) is 52.4. The number of carbonyl (C=O) groups is 3. The molecule has 2 aromatic heterocycles. The first kappa shape index (κ1) is 55.6. The summed E-state index contributed by atoms with van der Waals surface area (Å²) in [6.07, 6.45) is 2.71. The van der Waals surface area contributed by atoms with Gasteiger partial charge in [-0.3, -0.25) is 14.4 Å². The van der Waals surface area contributed by atoms with Crippen molar-refractivity contribution in [2.45, 2.75) is 134 Å². The van der Waals surface area contributed by atoms with E-state index in [-0.39, 0.29) is 54.0 Å². The lowest BCUT2D eigenvalue weighted by atomic mass is 9.85. The third-order valence-corrected chi connectivity index (χ3v) is 15.4. The minimum atomic E-state index is -3.93. The standard InChI is InChI=1S/C53H71N7O10S2/c1-34-27-42(60-36(3)50(57-58-60)72(65,66)41-21-19-39(20-22-41)52(4,5)6)45(67-10)29-44(34)70-24-14-12-11-13-23-68-25-26-69-32-46(62)56-48(53(7,8)9)51(64)59-31-40(61)28-43(59)49(63)54-30-37-15-17-38(18-16-37)47-35(2)55-33-71-47/h15-22,27,29,33,40,43,48,61H,11-14,23-26,28,30-32H2,1-10H3,(H,54,63)(H,56,62)/t40-,43+,48-/m1/s1. The summed E-state index contributed by atoms with van der Waals surface area (Å²) in [5.74, 6) is -0.183. The van der Waals surface area contributed by atoms with E-state index in [0.29, 0.717) is 42.7 Å². The predicted octanol–water partition coefficient (Wildman–Crippen LogP) is 7.24. The van der Waals surface area contributed by atoms with Crippen LogP contribution in [0.15, 0.2) is 76.1 Å². The van der Waals surface area contributed by atoms with Crippen LogP contribution in [-0.2, 0) is 45.7 Å². The van der Waals surface area contributed by atoms with Crippen LogP contribution >= 0.6 is 11.3 Å². The second-order valence-electron chi connectivity index (χ2n) is 20.3. The molecule has 0 bridgehead atoms. The van der Waals surface area contributed by atoms with Gasteiger partial charge in [0.1, 0.15) is 35.9 Å². The zero-order valence-electron chi connectivity index (χ0n) is 43.2. The van der Waals surface area contributed by atoms with Crippen LogP contribution in [0.3, 0.4) is 0 Å². The Balaban J connectivity index is 0.870. The Morgan fingerprint density at radius 2 is 1.56 bits per heavy atom. The van der Waals surface area contributed by atoms with Gasteiger partial charge in [0.2, 0.25) is 32.6 Å². The fourth-order valence-corrected chi connectivity index (χ4v) is 10.5. The van der Waals surface area contributed by atoms with E-state index in [1.165, 1.54) is 16.7 Å². The lowest BCUT2D eigenvalue weighted by molar-refractivity contribution is -0.144. The number of likely N-dealkylation sites (tertiary alicyclic amines) is 1. The van der Waals surface area contributed by atoms with Crippen LogP contribution in [0.1, 0.15) is 102 Å². The first-order valence-electron chi connectivity index (χ1n) is 24.4. The number of aliphatic hydroxyl groups excluding tert-OH is 1.